The quantitative estimate of drug-likeness (QED) is 0.376. The van der Waals surface area contributed by atoms with Gasteiger partial charge in [0.2, 0.25) is 0 Å². The lowest BCUT2D eigenvalue weighted by atomic mass is 10.2. The summed E-state index contributed by atoms with van der Waals surface area (Å²) < 4.78 is 28.7. The predicted octanol–water partition coefficient (Wildman–Crippen LogP) is 0.151. The van der Waals surface area contributed by atoms with Gasteiger partial charge in [0.05, 0.1) is 13.2 Å². The van der Waals surface area contributed by atoms with Crippen LogP contribution < -0.4 is 0 Å². The second-order valence-electron chi connectivity index (χ2n) is 2.53. The highest BCUT2D eigenvalue weighted by molar-refractivity contribution is 7.60. The van der Waals surface area contributed by atoms with Crippen LogP contribution in [-0.4, -0.2) is 33.0 Å². The Labute approximate surface area is 86.0 Å². The Bertz CT molecular complexity index is 306. The van der Waals surface area contributed by atoms with Crippen LogP contribution in [0.3, 0.4) is 0 Å². The molecular formula is C5H12O8P2. The highest BCUT2D eigenvalue weighted by atomic mass is 31.3. The van der Waals surface area contributed by atoms with Crippen LogP contribution in [0.25, 0.3) is 0 Å². The average molecular weight is 262 g/mol. The lowest BCUT2D eigenvalue weighted by molar-refractivity contribution is 0.178. The number of rotatable bonds is 7. The van der Waals surface area contributed by atoms with Gasteiger partial charge in [-0.25, -0.2) is 9.13 Å². The second-order valence-corrected chi connectivity index (χ2v) is 5.36. The first-order valence-electron chi connectivity index (χ1n) is 3.68. The summed E-state index contributed by atoms with van der Waals surface area (Å²) in [5, 5.41) is 8.51. The Morgan fingerprint density at radius 2 is 1.80 bits per heavy atom. The first-order chi connectivity index (χ1) is 6.66. The molecule has 0 aromatic heterocycles. The lowest BCUT2D eigenvalue weighted by Crippen LogP contribution is -1.98. The van der Waals surface area contributed by atoms with Crippen molar-refractivity contribution in [2.75, 3.05) is 13.2 Å². The fraction of sp³-hybridized carbons (Fsp3) is 0.600. The van der Waals surface area contributed by atoms with E-state index in [4.69, 9.17) is 19.8 Å². The smallest absolute Gasteiger partial charge is 0.392 e. The number of aliphatic hydroxyl groups excluding tert-OH is 1. The monoisotopic (exact) mass is 262 g/mol. The van der Waals surface area contributed by atoms with Crippen LogP contribution in [0.15, 0.2) is 12.2 Å². The molecule has 1 unspecified atom stereocenters. The number of hydrogen-bond donors (Lipinski definition) is 4. The van der Waals surface area contributed by atoms with E-state index in [9.17, 15) is 9.13 Å². The van der Waals surface area contributed by atoms with Gasteiger partial charge in [0.25, 0.3) is 0 Å². The molecule has 0 aliphatic heterocycles. The maximum atomic E-state index is 10.8. The van der Waals surface area contributed by atoms with E-state index in [2.05, 4.69) is 15.4 Å². The molecule has 0 spiro atoms. The maximum absolute atomic E-state index is 10.8. The van der Waals surface area contributed by atoms with Crippen LogP contribution in [0.2, 0.25) is 0 Å². The fourth-order valence-electron chi connectivity index (χ4n) is 0.542. The minimum Gasteiger partial charge on any atom is -0.392 e. The van der Waals surface area contributed by atoms with Crippen molar-refractivity contribution in [2.45, 2.75) is 6.42 Å². The molecule has 0 bridgehead atoms. The third-order valence-corrected chi connectivity index (χ3v) is 3.33. The molecule has 0 amide bonds. The van der Waals surface area contributed by atoms with Crippen LogP contribution >= 0.6 is 15.6 Å². The lowest BCUT2D eigenvalue weighted by Gasteiger charge is -2.12. The van der Waals surface area contributed by atoms with E-state index in [1.54, 1.807) is 0 Å². The minimum absolute atomic E-state index is 0.0750. The van der Waals surface area contributed by atoms with Gasteiger partial charge in [0.15, 0.2) is 0 Å². The molecule has 90 valence electrons. The molecule has 1 atom stereocenters. The molecule has 0 radical (unpaired) electrons. The van der Waals surface area contributed by atoms with E-state index in [0.717, 1.165) is 0 Å². The van der Waals surface area contributed by atoms with Crippen molar-refractivity contribution in [3.05, 3.63) is 12.2 Å². The molecule has 10 heteroatoms. The summed E-state index contributed by atoms with van der Waals surface area (Å²) >= 11 is 0. The third kappa shape index (κ3) is 8.92. The molecule has 0 aliphatic rings. The molecular weight excluding hydrogens is 250 g/mol. The summed E-state index contributed by atoms with van der Waals surface area (Å²) in [4.78, 5) is 25.2. The van der Waals surface area contributed by atoms with Crippen molar-refractivity contribution >= 4 is 15.6 Å². The molecule has 8 nitrogen and oxygen atoms in total. The highest BCUT2D eigenvalue weighted by Crippen LogP contribution is 2.57. The van der Waals surface area contributed by atoms with Gasteiger partial charge in [-0.2, -0.15) is 4.31 Å². The number of aliphatic hydroxyl groups is 1. The van der Waals surface area contributed by atoms with Gasteiger partial charge in [-0.05, 0) is 12.0 Å². The minimum atomic E-state index is -5.07. The van der Waals surface area contributed by atoms with Crippen LogP contribution in [0.5, 0.6) is 0 Å². The number of phosphoric ester groups is 1. The summed E-state index contributed by atoms with van der Waals surface area (Å²) in [7, 11) is -9.83. The van der Waals surface area contributed by atoms with Gasteiger partial charge in [-0.15, -0.1) is 0 Å². The average Bonchev–Trinajstić information content (AvgIpc) is 1.98. The van der Waals surface area contributed by atoms with Gasteiger partial charge < -0.3 is 19.8 Å². The fourth-order valence-corrected chi connectivity index (χ4v) is 2.13. The number of hydrogen-bond acceptors (Lipinski definition) is 5. The summed E-state index contributed by atoms with van der Waals surface area (Å²) in [6.07, 6.45) is 0.0750. The van der Waals surface area contributed by atoms with Crippen molar-refractivity contribution in [3.8, 4) is 0 Å². The molecule has 4 N–H and O–H groups in total. The van der Waals surface area contributed by atoms with Crippen molar-refractivity contribution in [1.82, 2.24) is 0 Å². The molecule has 0 rings (SSSR count). The van der Waals surface area contributed by atoms with Crippen molar-refractivity contribution in [3.63, 3.8) is 0 Å². The summed E-state index contributed by atoms with van der Waals surface area (Å²) in [6.45, 7) is 2.72. The molecule has 0 aliphatic carbocycles. The van der Waals surface area contributed by atoms with Crippen LogP contribution in [-0.2, 0) is 18.0 Å². The maximum Gasteiger partial charge on any atom is 0.481 e. The predicted molar refractivity (Wildman–Crippen MR) is 49.7 cm³/mol. The summed E-state index contributed by atoms with van der Waals surface area (Å²) in [5.74, 6) is 0. The molecule has 0 aromatic rings. The molecule has 0 saturated carbocycles. The standard InChI is InChI=1S/C5H12O8P2/c1-5(4-6)2-3-12-15(10,11)13-14(7,8)9/h6H,1-4H2,(H,10,11)(H2,7,8,9). The zero-order valence-electron chi connectivity index (χ0n) is 7.64. The SMILES string of the molecule is C=C(CO)CCOP(=O)(O)OP(=O)(O)O. The Hall–Kier alpha value is -0.0400. The molecule has 0 fully saturated rings. The van der Waals surface area contributed by atoms with E-state index in [0.29, 0.717) is 5.57 Å². The van der Waals surface area contributed by atoms with Gasteiger partial charge >= 0.3 is 15.6 Å². The highest BCUT2D eigenvalue weighted by Gasteiger charge is 2.31. The van der Waals surface area contributed by atoms with E-state index in [-0.39, 0.29) is 19.6 Å². The van der Waals surface area contributed by atoms with Crippen molar-refractivity contribution in [1.29, 1.82) is 0 Å². The zero-order chi connectivity index (χ0) is 12.1. The van der Waals surface area contributed by atoms with Gasteiger partial charge in [-0.3, -0.25) is 4.52 Å². The second kappa shape index (κ2) is 5.89. The first-order valence-corrected chi connectivity index (χ1v) is 6.70. The Morgan fingerprint density at radius 3 is 2.20 bits per heavy atom. The summed E-state index contributed by atoms with van der Waals surface area (Å²) in [6, 6.07) is 0. The molecule has 0 aromatic carbocycles. The van der Waals surface area contributed by atoms with E-state index >= 15 is 0 Å². The Morgan fingerprint density at radius 1 is 1.27 bits per heavy atom. The Balaban J connectivity index is 4.01. The first kappa shape index (κ1) is 15.0. The Kier molecular flexibility index (Phi) is 5.87. The van der Waals surface area contributed by atoms with Gasteiger partial charge in [-0.1, -0.05) is 6.58 Å². The van der Waals surface area contributed by atoms with E-state index in [1.807, 2.05) is 0 Å². The molecule has 15 heavy (non-hydrogen) atoms. The largest absolute Gasteiger partial charge is 0.481 e. The van der Waals surface area contributed by atoms with Crippen LogP contribution in [0, 0.1) is 0 Å². The molecule has 0 saturated heterocycles. The van der Waals surface area contributed by atoms with Gasteiger partial charge in [0.1, 0.15) is 0 Å². The van der Waals surface area contributed by atoms with Crippen LogP contribution in [0.1, 0.15) is 6.42 Å². The van der Waals surface area contributed by atoms with Crippen LogP contribution in [0.4, 0.5) is 0 Å². The van der Waals surface area contributed by atoms with Gasteiger partial charge in [0, 0.05) is 0 Å². The third-order valence-electron chi connectivity index (χ3n) is 1.14. The molecule has 0 heterocycles. The topological polar surface area (TPSA) is 134 Å². The summed E-state index contributed by atoms with van der Waals surface area (Å²) in [5.41, 5.74) is 0.353. The van der Waals surface area contributed by atoms with E-state index in [1.165, 1.54) is 0 Å². The normalized spacial score (nSPS) is 16.0. The van der Waals surface area contributed by atoms with E-state index < -0.39 is 15.6 Å². The zero-order valence-corrected chi connectivity index (χ0v) is 9.43. The van der Waals surface area contributed by atoms with Crippen molar-refractivity contribution in [2.24, 2.45) is 0 Å². The number of phosphoric acid groups is 2. The van der Waals surface area contributed by atoms with Crippen molar-refractivity contribution < 1.29 is 37.8 Å².